The number of thiazole rings is 1. The lowest BCUT2D eigenvalue weighted by molar-refractivity contribution is -0.181. The SMILES string of the molecule is Cc1nc(NC(=O)N2CCCC2C(N)=O)sc1-c1ccnc(C(C)(C)C(F)(F)F)c1.Cn1cnc2c(F)c(Nc3ccc(Br)cc3Cl)c(C(=O)NOCCO)cc21. The number of primary amides is 1. The molecule has 4 amide bonds. The summed E-state index contributed by atoms with van der Waals surface area (Å²) in [6.45, 7) is 3.92. The second-order valence-electron chi connectivity index (χ2n) is 13.3. The molecule has 5 aromatic rings. The minimum absolute atomic E-state index is 0.000486. The summed E-state index contributed by atoms with van der Waals surface area (Å²) in [7, 11) is 1.69. The lowest BCUT2D eigenvalue weighted by Gasteiger charge is -2.27. The van der Waals surface area contributed by atoms with Gasteiger partial charge in [-0.2, -0.15) is 13.2 Å². The van der Waals surface area contributed by atoms with Gasteiger partial charge in [0.2, 0.25) is 5.91 Å². The first-order chi connectivity index (χ1) is 26.8. The van der Waals surface area contributed by atoms with Gasteiger partial charge in [0.05, 0.1) is 63.3 Å². The Bertz CT molecular complexity index is 2310. The van der Waals surface area contributed by atoms with Crippen LogP contribution in [0.15, 0.2) is 53.4 Å². The van der Waals surface area contributed by atoms with Crippen LogP contribution in [0.1, 0.15) is 48.4 Å². The zero-order chi connectivity index (χ0) is 41.8. The number of amides is 4. The smallest absolute Gasteiger partial charge is 0.394 e. The second kappa shape index (κ2) is 17.7. The minimum atomic E-state index is -4.45. The van der Waals surface area contributed by atoms with Gasteiger partial charge < -0.3 is 25.6 Å². The number of hydrogen-bond acceptors (Lipinski definition) is 10. The Morgan fingerprint density at radius 1 is 1.16 bits per heavy atom. The van der Waals surface area contributed by atoms with Crippen LogP contribution in [0.25, 0.3) is 21.5 Å². The predicted molar refractivity (Wildman–Crippen MR) is 211 cm³/mol. The molecule has 0 bridgehead atoms. The molecule has 4 heterocycles. The van der Waals surface area contributed by atoms with Gasteiger partial charge in [0.25, 0.3) is 5.91 Å². The highest BCUT2D eigenvalue weighted by atomic mass is 79.9. The van der Waals surface area contributed by atoms with Crippen molar-refractivity contribution in [1.29, 1.82) is 0 Å². The average molecular weight is 899 g/mol. The van der Waals surface area contributed by atoms with E-state index in [-0.39, 0.29) is 40.8 Å². The number of rotatable bonds is 10. The van der Waals surface area contributed by atoms with Crippen LogP contribution in [-0.4, -0.2) is 79.3 Å². The number of aliphatic hydroxyl groups excluding tert-OH is 1. The van der Waals surface area contributed by atoms with Gasteiger partial charge in [-0.1, -0.05) is 38.9 Å². The van der Waals surface area contributed by atoms with Crippen LogP contribution in [0.3, 0.4) is 0 Å². The third-order valence-electron chi connectivity index (χ3n) is 8.98. The third-order valence-corrected chi connectivity index (χ3v) is 10.9. The summed E-state index contributed by atoms with van der Waals surface area (Å²) in [5, 5.41) is 14.9. The molecule has 0 radical (unpaired) electrons. The Morgan fingerprint density at radius 3 is 2.56 bits per heavy atom. The number of nitrogens with two attached hydrogens (primary N) is 1. The van der Waals surface area contributed by atoms with E-state index in [0.29, 0.717) is 51.7 Å². The maximum atomic E-state index is 15.1. The molecule has 1 unspecified atom stereocenters. The molecule has 2 aromatic carbocycles. The number of urea groups is 1. The number of alkyl halides is 3. The number of imidazole rings is 1. The number of benzene rings is 2. The first-order valence-corrected chi connectivity index (χ1v) is 19.1. The number of nitrogens with one attached hydrogen (secondary N) is 3. The summed E-state index contributed by atoms with van der Waals surface area (Å²) in [5.41, 5.74) is 7.27. The number of pyridine rings is 1. The molecule has 1 saturated heterocycles. The van der Waals surface area contributed by atoms with Gasteiger partial charge in [0, 0.05) is 24.3 Å². The quantitative estimate of drug-likeness (QED) is 0.0542. The van der Waals surface area contributed by atoms with Crippen molar-refractivity contribution in [3.63, 3.8) is 0 Å². The molecule has 21 heteroatoms. The number of fused-ring (bicyclic) bond motifs is 1. The van der Waals surface area contributed by atoms with Gasteiger partial charge >= 0.3 is 12.2 Å². The van der Waals surface area contributed by atoms with Crippen LogP contribution in [0.2, 0.25) is 5.02 Å². The topological polar surface area (TPSA) is 190 Å². The summed E-state index contributed by atoms with van der Waals surface area (Å²) in [5.74, 6) is -1.93. The van der Waals surface area contributed by atoms with Gasteiger partial charge in [0.1, 0.15) is 17.0 Å². The Morgan fingerprint density at radius 2 is 1.89 bits per heavy atom. The molecule has 14 nitrogen and oxygen atoms in total. The fourth-order valence-electron chi connectivity index (χ4n) is 5.71. The lowest BCUT2D eigenvalue weighted by atomic mass is 9.87. The van der Waals surface area contributed by atoms with E-state index in [2.05, 4.69) is 47.0 Å². The lowest BCUT2D eigenvalue weighted by Crippen LogP contribution is -2.45. The van der Waals surface area contributed by atoms with Crippen molar-refractivity contribution in [1.82, 2.24) is 29.9 Å². The molecule has 1 aliphatic rings. The zero-order valence-electron chi connectivity index (χ0n) is 30.8. The van der Waals surface area contributed by atoms with Crippen LogP contribution in [0, 0.1) is 12.7 Å². The number of carbonyl (C=O) groups is 3. The summed E-state index contributed by atoms with van der Waals surface area (Å²) in [6, 6.07) is 8.38. The van der Waals surface area contributed by atoms with Gasteiger partial charge in [-0.25, -0.2) is 24.6 Å². The summed E-state index contributed by atoms with van der Waals surface area (Å²) < 4.78 is 57.6. The summed E-state index contributed by atoms with van der Waals surface area (Å²) in [6.07, 6.45) is -0.476. The second-order valence-corrected chi connectivity index (χ2v) is 15.6. The standard InChI is InChI=1S/C19H22F3N5O2S.C17H15BrClFN4O3/c1-10-14(11-6-7-24-13(9-11)18(2,3)19(20,21)22)30-16(25-10)26-17(29)27-8-4-5-12(27)15(23)28;1-24-8-21-16-13(24)7-10(17(26)23-27-5-4-25)15(14(16)20)22-12-3-2-9(18)6-11(12)19/h6-7,9,12H,4-5,8H2,1-3H3,(H2,23,28)(H,25,26,29);2-3,6-8,22,25H,4-5H2,1H3,(H,23,26). The predicted octanol–water partition coefficient (Wildman–Crippen LogP) is 7.36. The van der Waals surface area contributed by atoms with E-state index >= 15 is 4.39 Å². The minimum Gasteiger partial charge on any atom is -0.394 e. The van der Waals surface area contributed by atoms with Crippen molar-refractivity contribution in [2.75, 3.05) is 30.4 Å². The third kappa shape index (κ3) is 9.63. The number of hydroxylamine groups is 1. The zero-order valence-corrected chi connectivity index (χ0v) is 34.0. The highest BCUT2D eigenvalue weighted by molar-refractivity contribution is 9.10. The summed E-state index contributed by atoms with van der Waals surface area (Å²) >= 11 is 10.6. The van der Waals surface area contributed by atoms with E-state index in [0.717, 1.165) is 29.7 Å². The molecule has 304 valence electrons. The van der Waals surface area contributed by atoms with Gasteiger partial charge in [-0.15, -0.1) is 0 Å². The van der Waals surface area contributed by atoms with Crippen molar-refractivity contribution < 1.29 is 41.9 Å². The van der Waals surface area contributed by atoms with E-state index in [1.165, 1.54) is 29.6 Å². The molecule has 6 N–H and O–H groups in total. The number of anilines is 3. The van der Waals surface area contributed by atoms with Crippen molar-refractivity contribution in [3.8, 4) is 10.4 Å². The maximum Gasteiger partial charge on any atom is 0.399 e. The fraction of sp³-hybridized carbons (Fsp3) is 0.333. The first kappa shape index (κ1) is 43.2. The van der Waals surface area contributed by atoms with Crippen molar-refractivity contribution >= 4 is 84.3 Å². The molecule has 1 aliphatic heterocycles. The van der Waals surface area contributed by atoms with Gasteiger partial charge in [-0.05, 0) is 75.6 Å². The Balaban J connectivity index is 0.000000219. The van der Waals surface area contributed by atoms with E-state index in [1.54, 1.807) is 42.8 Å². The molecule has 57 heavy (non-hydrogen) atoms. The molecule has 0 saturated carbocycles. The van der Waals surface area contributed by atoms with Crippen molar-refractivity contribution in [2.45, 2.75) is 51.2 Å². The molecule has 1 fully saturated rings. The molecule has 6 rings (SSSR count). The Hall–Kier alpha value is -4.89. The normalized spacial score (nSPS) is 14.3. The van der Waals surface area contributed by atoms with Crippen LogP contribution in [0.5, 0.6) is 0 Å². The van der Waals surface area contributed by atoms with E-state index in [4.69, 9.17) is 27.3 Å². The number of aryl methyl sites for hydroxylation is 2. The first-order valence-electron chi connectivity index (χ1n) is 17.1. The maximum absolute atomic E-state index is 15.1. The Labute approximate surface area is 340 Å². The highest BCUT2D eigenvalue weighted by Gasteiger charge is 2.49. The average Bonchev–Trinajstić information content (AvgIpc) is 3.89. The molecule has 3 aromatic heterocycles. The van der Waals surface area contributed by atoms with Crippen LogP contribution in [0.4, 0.5) is 38.9 Å². The monoisotopic (exact) mass is 897 g/mol. The number of aromatic nitrogens is 4. The van der Waals surface area contributed by atoms with Gasteiger partial charge in [0.15, 0.2) is 10.9 Å². The van der Waals surface area contributed by atoms with Crippen LogP contribution < -0.4 is 21.8 Å². The molecular formula is C36H37BrClF4N9O5S. The molecule has 1 atom stereocenters. The number of likely N-dealkylation sites (tertiary alicyclic amines) is 1. The van der Waals surface area contributed by atoms with E-state index in [9.17, 15) is 27.6 Å². The van der Waals surface area contributed by atoms with E-state index in [1.807, 2.05) is 0 Å². The Kier molecular flexibility index (Phi) is 13.4. The van der Waals surface area contributed by atoms with Crippen molar-refractivity contribution in [3.05, 3.63) is 81.2 Å². The number of aliphatic hydroxyl groups is 1. The highest BCUT2D eigenvalue weighted by Crippen LogP contribution is 2.42. The largest absolute Gasteiger partial charge is 0.399 e. The van der Waals surface area contributed by atoms with E-state index < -0.39 is 41.3 Å². The number of halogens is 6. The van der Waals surface area contributed by atoms with Gasteiger partial charge in [-0.3, -0.25) is 24.7 Å². The molecule has 0 spiro atoms. The molecular weight excluding hydrogens is 862 g/mol. The van der Waals surface area contributed by atoms with Crippen molar-refractivity contribution in [2.24, 2.45) is 12.8 Å². The number of nitrogens with zero attached hydrogens (tertiary/aromatic N) is 5. The van der Waals surface area contributed by atoms with Crippen LogP contribution in [-0.2, 0) is 22.1 Å². The number of carbonyl (C=O) groups excluding carboxylic acids is 3. The molecule has 0 aliphatic carbocycles. The summed E-state index contributed by atoms with van der Waals surface area (Å²) in [4.78, 5) is 55.6. The van der Waals surface area contributed by atoms with Crippen LogP contribution >= 0.6 is 38.9 Å². The fourth-order valence-corrected chi connectivity index (χ4v) is 7.39. The number of hydrogen-bond donors (Lipinski definition) is 5.